The van der Waals surface area contributed by atoms with Gasteiger partial charge in [-0.25, -0.2) is 0 Å². The Hall–Kier alpha value is -3.02. The number of ether oxygens (including phenoxy) is 2. The minimum Gasteiger partial charge on any atom is -0.493 e. The second kappa shape index (κ2) is 9.32. The number of nitrogens with zero attached hydrogens (tertiary/aromatic N) is 1. The van der Waals surface area contributed by atoms with Crippen molar-refractivity contribution in [2.24, 2.45) is 5.16 Å². The largest absolute Gasteiger partial charge is 0.493 e. The molecule has 6 heteroatoms. The molecule has 0 bridgehead atoms. The van der Waals surface area contributed by atoms with E-state index in [1.165, 1.54) is 7.11 Å². The van der Waals surface area contributed by atoms with Gasteiger partial charge in [0.15, 0.2) is 17.2 Å². The third-order valence-corrected chi connectivity index (χ3v) is 3.59. The Bertz CT molecular complexity index is 729. The Morgan fingerprint density at radius 1 is 1.00 bits per heavy atom. The summed E-state index contributed by atoms with van der Waals surface area (Å²) in [6, 6.07) is 14.9. The summed E-state index contributed by atoms with van der Waals surface area (Å²) in [5.74, 6) is 1.06. The van der Waals surface area contributed by atoms with Crippen LogP contribution in [-0.2, 0) is 16.1 Å². The smallest absolute Gasteiger partial charge is 0.273 e. The van der Waals surface area contributed by atoms with Crippen molar-refractivity contribution in [1.29, 1.82) is 0 Å². The standard InChI is InChI=1S/C19H22N2O4/c1-23-16-10-9-14(13-17(16)24-2)11-12-20-19(22)18(21-25-3)15-7-5-4-6-8-15/h4-10,13H,11-12H2,1-3H3,(H,20,22)/b21-18-. The van der Waals surface area contributed by atoms with Crippen LogP contribution >= 0.6 is 0 Å². The number of hydrogen-bond donors (Lipinski definition) is 1. The van der Waals surface area contributed by atoms with Crippen molar-refractivity contribution < 1.29 is 19.1 Å². The van der Waals surface area contributed by atoms with Gasteiger partial charge in [-0.1, -0.05) is 41.6 Å². The summed E-state index contributed by atoms with van der Waals surface area (Å²) in [6.45, 7) is 0.462. The highest BCUT2D eigenvalue weighted by Gasteiger charge is 2.14. The first-order chi connectivity index (χ1) is 12.2. The van der Waals surface area contributed by atoms with Gasteiger partial charge in [0.1, 0.15) is 7.11 Å². The maximum Gasteiger partial charge on any atom is 0.273 e. The van der Waals surface area contributed by atoms with Crippen molar-refractivity contribution in [3.63, 3.8) is 0 Å². The second-order valence-electron chi connectivity index (χ2n) is 5.18. The molecule has 2 rings (SSSR count). The van der Waals surface area contributed by atoms with Crippen LogP contribution in [0.4, 0.5) is 0 Å². The van der Waals surface area contributed by atoms with Gasteiger partial charge in [-0.2, -0.15) is 0 Å². The summed E-state index contributed by atoms with van der Waals surface area (Å²) < 4.78 is 10.5. The molecule has 0 aromatic heterocycles. The fourth-order valence-corrected chi connectivity index (χ4v) is 2.35. The van der Waals surface area contributed by atoms with E-state index in [4.69, 9.17) is 14.3 Å². The summed E-state index contributed by atoms with van der Waals surface area (Å²) in [4.78, 5) is 17.2. The zero-order valence-electron chi connectivity index (χ0n) is 14.6. The van der Waals surface area contributed by atoms with Gasteiger partial charge in [0.05, 0.1) is 14.2 Å². The van der Waals surface area contributed by atoms with Crippen LogP contribution in [0, 0.1) is 0 Å². The minimum absolute atomic E-state index is 0.246. The number of rotatable bonds is 8. The molecule has 1 N–H and O–H groups in total. The molecule has 25 heavy (non-hydrogen) atoms. The molecule has 6 nitrogen and oxygen atoms in total. The van der Waals surface area contributed by atoms with Crippen LogP contribution in [0.1, 0.15) is 11.1 Å². The SMILES string of the molecule is CO/N=C(\C(=O)NCCc1ccc(OC)c(OC)c1)c1ccccc1. The van der Waals surface area contributed by atoms with E-state index in [-0.39, 0.29) is 11.6 Å². The van der Waals surface area contributed by atoms with Crippen LogP contribution in [0.2, 0.25) is 0 Å². The molecule has 0 saturated carbocycles. The average molecular weight is 342 g/mol. The molecule has 132 valence electrons. The lowest BCUT2D eigenvalue weighted by atomic mass is 10.1. The summed E-state index contributed by atoms with van der Waals surface area (Å²) >= 11 is 0. The van der Waals surface area contributed by atoms with E-state index < -0.39 is 0 Å². The second-order valence-corrected chi connectivity index (χ2v) is 5.18. The molecule has 0 atom stereocenters. The first kappa shape index (κ1) is 18.3. The van der Waals surface area contributed by atoms with Crippen LogP contribution < -0.4 is 14.8 Å². The van der Waals surface area contributed by atoms with Crippen LogP contribution in [-0.4, -0.2) is 39.5 Å². The number of oxime groups is 1. The van der Waals surface area contributed by atoms with Crippen molar-refractivity contribution in [2.75, 3.05) is 27.9 Å². The normalized spacial score (nSPS) is 10.9. The summed E-state index contributed by atoms with van der Waals surface area (Å²) in [6.07, 6.45) is 0.654. The molecule has 0 aliphatic carbocycles. The topological polar surface area (TPSA) is 69.2 Å². The lowest BCUT2D eigenvalue weighted by Gasteiger charge is -2.10. The van der Waals surface area contributed by atoms with E-state index in [1.54, 1.807) is 14.2 Å². The molecule has 0 saturated heterocycles. The Balaban J connectivity index is 1.98. The average Bonchev–Trinajstić information content (AvgIpc) is 2.66. The minimum atomic E-state index is -0.284. The van der Waals surface area contributed by atoms with Gasteiger partial charge < -0.3 is 19.6 Å². The Labute approximate surface area is 147 Å². The van der Waals surface area contributed by atoms with E-state index in [9.17, 15) is 4.79 Å². The van der Waals surface area contributed by atoms with Crippen molar-refractivity contribution >= 4 is 11.6 Å². The molecule has 0 aliphatic rings. The zero-order chi connectivity index (χ0) is 18.1. The molecular formula is C19H22N2O4. The quantitative estimate of drug-likeness (QED) is 0.591. The number of nitrogens with one attached hydrogen (secondary N) is 1. The molecule has 2 aromatic rings. The van der Waals surface area contributed by atoms with Gasteiger partial charge in [-0.05, 0) is 24.1 Å². The summed E-state index contributed by atoms with van der Waals surface area (Å²) in [5, 5.41) is 6.70. The third kappa shape index (κ3) is 4.97. The zero-order valence-corrected chi connectivity index (χ0v) is 14.6. The molecule has 1 amide bonds. The van der Waals surface area contributed by atoms with E-state index in [0.717, 1.165) is 5.56 Å². The molecule has 0 heterocycles. The molecule has 2 aromatic carbocycles. The molecule has 0 fully saturated rings. The van der Waals surface area contributed by atoms with Crippen LogP contribution in [0.3, 0.4) is 0 Å². The molecule has 0 radical (unpaired) electrons. The monoisotopic (exact) mass is 342 g/mol. The summed E-state index contributed by atoms with van der Waals surface area (Å²) in [5.41, 5.74) is 1.98. The molecule has 0 unspecified atom stereocenters. The highest BCUT2D eigenvalue weighted by molar-refractivity contribution is 6.45. The van der Waals surface area contributed by atoms with Gasteiger partial charge in [0.25, 0.3) is 5.91 Å². The fraction of sp³-hybridized carbons (Fsp3) is 0.263. The number of benzene rings is 2. The van der Waals surface area contributed by atoms with Gasteiger partial charge in [0, 0.05) is 12.1 Å². The van der Waals surface area contributed by atoms with Gasteiger partial charge >= 0.3 is 0 Å². The van der Waals surface area contributed by atoms with E-state index >= 15 is 0 Å². The highest BCUT2D eigenvalue weighted by Crippen LogP contribution is 2.27. The summed E-state index contributed by atoms with van der Waals surface area (Å²) in [7, 11) is 4.61. The van der Waals surface area contributed by atoms with Crippen molar-refractivity contribution in [1.82, 2.24) is 5.32 Å². The van der Waals surface area contributed by atoms with Gasteiger partial charge in [0.2, 0.25) is 0 Å². The maximum absolute atomic E-state index is 12.4. The van der Waals surface area contributed by atoms with E-state index in [1.807, 2.05) is 48.5 Å². The number of amides is 1. The third-order valence-electron chi connectivity index (χ3n) is 3.59. The Morgan fingerprint density at radius 2 is 1.72 bits per heavy atom. The maximum atomic E-state index is 12.4. The Morgan fingerprint density at radius 3 is 2.36 bits per heavy atom. The first-order valence-electron chi connectivity index (χ1n) is 7.85. The molecule has 0 spiro atoms. The van der Waals surface area contributed by atoms with Crippen molar-refractivity contribution in [3.8, 4) is 11.5 Å². The molecular weight excluding hydrogens is 320 g/mol. The fourth-order valence-electron chi connectivity index (χ4n) is 2.35. The Kier molecular flexibility index (Phi) is 6.83. The number of carbonyl (C=O) groups is 1. The van der Waals surface area contributed by atoms with E-state index in [2.05, 4.69) is 10.5 Å². The van der Waals surface area contributed by atoms with Crippen molar-refractivity contribution in [2.45, 2.75) is 6.42 Å². The number of carbonyl (C=O) groups excluding carboxylic acids is 1. The highest BCUT2D eigenvalue weighted by atomic mass is 16.6. The lowest BCUT2D eigenvalue weighted by molar-refractivity contribution is -0.114. The predicted octanol–water partition coefficient (Wildman–Crippen LogP) is 2.41. The van der Waals surface area contributed by atoms with Crippen molar-refractivity contribution in [3.05, 3.63) is 59.7 Å². The van der Waals surface area contributed by atoms with Crippen LogP contribution in [0.5, 0.6) is 11.5 Å². The lowest BCUT2D eigenvalue weighted by Crippen LogP contribution is -2.33. The first-order valence-corrected chi connectivity index (χ1v) is 7.85. The molecule has 0 aliphatic heterocycles. The number of hydrogen-bond acceptors (Lipinski definition) is 5. The van der Waals surface area contributed by atoms with E-state index in [0.29, 0.717) is 30.0 Å². The van der Waals surface area contributed by atoms with Crippen LogP contribution in [0.15, 0.2) is 53.7 Å². The van der Waals surface area contributed by atoms with Gasteiger partial charge in [-0.3, -0.25) is 4.79 Å². The predicted molar refractivity (Wildman–Crippen MR) is 96.2 cm³/mol. The van der Waals surface area contributed by atoms with Gasteiger partial charge in [-0.15, -0.1) is 0 Å². The number of methoxy groups -OCH3 is 2. The van der Waals surface area contributed by atoms with Crippen LogP contribution in [0.25, 0.3) is 0 Å².